The van der Waals surface area contributed by atoms with Crippen molar-refractivity contribution in [1.29, 1.82) is 0 Å². The zero-order valence-corrected chi connectivity index (χ0v) is 9.87. The third-order valence-electron chi connectivity index (χ3n) is 2.15. The number of ether oxygens (including phenoxy) is 1. The van der Waals surface area contributed by atoms with Gasteiger partial charge in [0.1, 0.15) is 0 Å². The molecule has 90 valence electrons. The predicted molar refractivity (Wildman–Crippen MR) is 59.7 cm³/mol. The van der Waals surface area contributed by atoms with E-state index in [9.17, 15) is 4.79 Å². The highest BCUT2D eigenvalue weighted by Crippen LogP contribution is 2.00. The van der Waals surface area contributed by atoms with Gasteiger partial charge in [0.25, 0.3) is 0 Å². The van der Waals surface area contributed by atoms with Crippen LogP contribution in [0.2, 0.25) is 0 Å². The highest BCUT2D eigenvalue weighted by Gasteiger charge is 2.05. The van der Waals surface area contributed by atoms with Crippen LogP contribution < -0.4 is 0 Å². The molecule has 0 spiro atoms. The van der Waals surface area contributed by atoms with Gasteiger partial charge in [-0.2, -0.15) is 0 Å². The lowest BCUT2D eigenvalue weighted by atomic mass is 10.2. The van der Waals surface area contributed by atoms with Crippen LogP contribution >= 0.6 is 0 Å². The molecular formula is C11H23NO3. The van der Waals surface area contributed by atoms with Crippen molar-refractivity contribution in [3.63, 3.8) is 0 Å². The molecule has 0 fully saturated rings. The van der Waals surface area contributed by atoms with E-state index < -0.39 is 0 Å². The van der Waals surface area contributed by atoms with Gasteiger partial charge in [-0.3, -0.25) is 9.69 Å². The summed E-state index contributed by atoms with van der Waals surface area (Å²) in [5.41, 5.74) is 0. The molecule has 0 heterocycles. The molecule has 0 saturated heterocycles. The third kappa shape index (κ3) is 9.69. The Morgan fingerprint density at radius 2 is 1.93 bits per heavy atom. The Kier molecular flexibility index (Phi) is 9.52. The van der Waals surface area contributed by atoms with E-state index >= 15 is 0 Å². The fraction of sp³-hybridized carbons (Fsp3) is 0.909. The maximum absolute atomic E-state index is 11.1. The molecule has 0 bridgehead atoms. The molecule has 15 heavy (non-hydrogen) atoms. The summed E-state index contributed by atoms with van der Waals surface area (Å²) in [6.45, 7) is 3.81. The van der Waals surface area contributed by atoms with E-state index in [0.29, 0.717) is 13.2 Å². The van der Waals surface area contributed by atoms with Crippen LogP contribution in [-0.4, -0.2) is 49.3 Å². The predicted octanol–water partition coefficient (Wildman–Crippen LogP) is 1.03. The van der Waals surface area contributed by atoms with Crippen LogP contribution in [0, 0.1) is 0 Å². The molecule has 0 aliphatic heterocycles. The fourth-order valence-corrected chi connectivity index (χ4v) is 1.35. The number of rotatable bonds is 9. The van der Waals surface area contributed by atoms with Crippen molar-refractivity contribution in [2.75, 3.05) is 33.4 Å². The Balaban J connectivity index is 3.32. The van der Waals surface area contributed by atoms with Crippen LogP contribution in [0.1, 0.15) is 32.6 Å². The largest absolute Gasteiger partial charge is 0.465 e. The molecule has 0 aromatic heterocycles. The monoisotopic (exact) mass is 217 g/mol. The topological polar surface area (TPSA) is 49.8 Å². The molecule has 4 heteroatoms. The van der Waals surface area contributed by atoms with Crippen molar-refractivity contribution in [1.82, 2.24) is 4.90 Å². The van der Waals surface area contributed by atoms with Gasteiger partial charge in [-0.1, -0.05) is 12.8 Å². The Labute approximate surface area is 92.2 Å². The van der Waals surface area contributed by atoms with Gasteiger partial charge in [-0.05, 0) is 33.4 Å². The molecular weight excluding hydrogens is 194 g/mol. The summed E-state index contributed by atoms with van der Waals surface area (Å²) in [4.78, 5) is 13.1. The Hall–Kier alpha value is -0.610. The average Bonchev–Trinajstić information content (AvgIpc) is 2.17. The first-order chi connectivity index (χ1) is 7.20. The van der Waals surface area contributed by atoms with Crippen LogP contribution in [0.5, 0.6) is 0 Å². The van der Waals surface area contributed by atoms with Crippen LogP contribution in [0.3, 0.4) is 0 Å². The molecule has 0 radical (unpaired) electrons. The summed E-state index contributed by atoms with van der Waals surface area (Å²) in [5, 5.41) is 8.58. The van der Waals surface area contributed by atoms with Crippen LogP contribution in [0.15, 0.2) is 0 Å². The lowest BCUT2D eigenvalue weighted by molar-refractivity contribution is -0.144. The summed E-state index contributed by atoms with van der Waals surface area (Å²) >= 11 is 0. The summed E-state index contributed by atoms with van der Waals surface area (Å²) in [6.07, 6.45) is 4.11. The van der Waals surface area contributed by atoms with E-state index in [0.717, 1.165) is 32.2 Å². The van der Waals surface area contributed by atoms with Crippen molar-refractivity contribution in [2.24, 2.45) is 0 Å². The molecule has 0 rings (SSSR count). The molecule has 0 aliphatic carbocycles. The summed E-state index contributed by atoms with van der Waals surface area (Å²) in [5.74, 6) is -0.157. The van der Waals surface area contributed by atoms with E-state index in [1.807, 2.05) is 18.9 Å². The number of aliphatic hydroxyl groups is 1. The van der Waals surface area contributed by atoms with E-state index in [2.05, 4.69) is 0 Å². The maximum atomic E-state index is 11.1. The Morgan fingerprint density at radius 3 is 2.53 bits per heavy atom. The van der Waals surface area contributed by atoms with Crippen LogP contribution in [-0.2, 0) is 9.53 Å². The second-order valence-electron chi connectivity index (χ2n) is 3.68. The normalized spacial score (nSPS) is 10.7. The number of hydrogen-bond acceptors (Lipinski definition) is 4. The van der Waals surface area contributed by atoms with Crippen molar-refractivity contribution in [3.05, 3.63) is 0 Å². The number of hydrogen-bond donors (Lipinski definition) is 1. The van der Waals surface area contributed by atoms with E-state index in [-0.39, 0.29) is 12.6 Å². The van der Waals surface area contributed by atoms with Gasteiger partial charge >= 0.3 is 5.97 Å². The minimum Gasteiger partial charge on any atom is -0.465 e. The number of unbranched alkanes of at least 4 members (excludes halogenated alkanes) is 3. The number of esters is 1. The summed E-state index contributed by atoms with van der Waals surface area (Å²) in [7, 11) is 1.92. The number of carbonyl (C=O) groups excluding carboxylic acids is 1. The molecule has 0 atom stereocenters. The zero-order chi connectivity index (χ0) is 11.5. The molecule has 0 amide bonds. The summed E-state index contributed by atoms with van der Waals surface area (Å²) in [6, 6.07) is 0. The van der Waals surface area contributed by atoms with Crippen LogP contribution in [0.25, 0.3) is 0 Å². The van der Waals surface area contributed by atoms with E-state index in [1.54, 1.807) is 0 Å². The van der Waals surface area contributed by atoms with Gasteiger partial charge in [0, 0.05) is 6.61 Å². The van der Waals surface area contributed by atoms with Gasteiger partial charge in [-0.25, -0.2) is 0 Å². The first-order valence-corrected chi connectivity index (χ1v) is 5.65. The van der Waals surface area contributed by atoms with Crippen LogP contribution in [0.4, 0.5) is 0 Å². The molecule has 0 unspecified atom stereocenters. The first kappa shape index (κ1) is 14.4. The second kappa shape index (κ2) is 9.93. The van der Waals surface area contributed by atoms with Gasteiger partial charge in [0.05, 0.1) is 13.2 Å². The van der Waals surface area contributed by atoms with Gasteiger partial charge in [-0.15, -0.1) is 0 Å². The van der Waals surface area contributed by atoms with Crippen molar-refractivity contribution < 1.29 is 14.6 Å². The minimum atomic E-state index is -0.157. The zero-order valence-electron chi connectivity index (χ0n) is 9.87. The molecule has 0 saturated carbocycles. The quantitative estimate of drug-likeness (QED) is 0.463. The lowest BCUT2D eigenvalue weighted by Crippen LogP contribution is -2.28. The molecule has 0 aliphatic rings. The number of aliphatic hydroxyl groups excluding tert-OH is 1. The number of carbonyl (C=O) groups is 1. The summed E-state index contributed by atoms with van der Waals surface area (Å²) < 4.78 is 4.84. The molecule has 1 N–H and O–H groups in total. The van der Waals surface area contributed by atoms with Gasteiger partial charge in [0.15, 0.2) is 0 Å². The smallest absolute Gasteiger partial charge is 0.320 e. The molecule has 4 nitrogen and oxygen atoms in total. The SMILES string of the molecule is CCOC(=O)CN(C)CCCCCCO. The van der Waals surface area contributed by atoms with Crippen molar-refractivity contribution >= 4 is 5.97 Å². The molecule has 0 aromatic carbocycles. The fourth-order valence-electron chi connectivity index (χ4n) is 1.35. The first-order valence-electron chi connectivity index (χ1n) is 5.65. The van der Waals surface area contributed by atoms with E-state index in [4.69, 9.17) is 9.84 Å². The second-order valence-corrected chi connectivity index (χ2v) is 3.68. The highest BCUT2D eigenvalue weighted by atomic mass is 16.5. The average molecular weight is 217 g/mol. The Bertz CT molecular complexity index is 162. The molecule has 0 aromatic rings. The van der Waals surface area contributed by atoms with Gasteiger partial charge < -0.3 is 9.84 Å². The van der Waals surface area contributed by atoms with E-state index in [1.165, 1.54) is 0 Å². The third-order valence-corrected chi connectivity index (χ3v) is 2.15. The highest BCUT2D eigenvalue weighted by molar-refractivity contribution is 5.71. The lowest BCUT2D eigenvalue weighted by Gasteiger charge is -2.14. The standard InChI is InChI=1S/C11H23NO3/c1-3-15-11(14)10-12(2)8-6-4-5-7-9-13/h13H,3-10H2,1-2H3. The maximum Gasteiger partial charge on any atom is 0.320 e. The van der Waals surface area contributed by atoms with Crippen molar-refractivity contribution in [3.8, 4) is 0 Å². The number of likely N-dealkylation sites (N-methyl/N-ethyl adjacent to an activating group) is 1. The Morgan fingerprint density at radius 1 is 1.27 bits per heavy atom. The minimum absolute atomic E-state index is 0.157. The van der Waals surface area contributed by atoms with Gasteiger partial charge in [0.2, 0.25) is 0 Å². The number of nitrogens with zero attached hydrogens (tertiary/aromatic N) is 1. The van der Waals surface area contributed by atoms with Crippen molar-refractivity contribution in [2.45, 2.75) is 32.6 Å².